The lowest BCUT2D eigenvalue weighted by molar-refractivity contribution is 0.482. The molecule has 92 valence electrons. The van der Waals surface area contributed by atoms with Crippen LogP contribution in [0.25, 0.3) is 10.9 Å². The van der Waals surface area contributed by atoms with E-state index in [0.717, 1.165) is 28.9 Å². The first-order valence-corrected chi connectivity index (χ1v) is 6.06. The highest BCUT2D eigenvalue weighted by Crippen LogP contribution is 2.21. The van der Waals surface area contributed by atoms with E-state index in [4.69, 9.17) is 16.0 Å². The number of rotatable bonds is 4. The summed E-state index contributed by atoms with van der Waals surface area (Å²) in [5.74, 6) is 0.922. The zero-order valence-corrected chi connectivity index (χ0v) is 10.4. The predicted molar refractivity (Wildman–Crippen MR) is 70.4 cm³/mol. The number of nitrogens with one attached hydrogen (secondary N) is 2. The van der Waals surface area contributed by atoms with Crippen LogP contribution >= 0.6 is 11.6 Å². The lowest BCUT2D eigenvalue weighted by Gasteiger charge is -1.99. The molecule has 0 saturated carbocycles. The normalized spacial score (nSPS) is 11.2. The third kappa shape index (κ3) is 2.25. The van der Waals surface area contributed by atoms with Crippen molar-refractivity contribution in [1.82, 2.24) is 15.3 Å². The van der Waals surface area contributed by atoms with E-state index in [2.05, 4.69) is 21.4 Å². The van der Waals surface area contributed by atoms with Crippen molar-refractivity contribution in [2.24, 2.45) is 0 Å². The number of H-pyrrole nitrogens is 1. The van der Waals surface area contributed by atoms with Crippen molar-refractivity contribution in [3.05, 3.63) is 53.3 Å². The number of aromatic amines is 1. The molecule has 0 aliphatic rings. The largest absolute Gasteiger partial charge is 0.468 e. The van der Waals surface area contributed by atoms with Crippen molar-refractivity contribution in [3.63, 3.8) is 0 Å². The first-order valence-electron chi connectivity index (χ1n) is 5.68. The standard InChI is InChI=1S/C13H12ClN3O/c14-13-12-9(3-4-16-13)6-10(17-12)7-15-8-11-2-1-5-18-11/h1-6,15,17H,7-8H2. The molecule has 3 rings (SSSR count). The van der Waals surface area contributed by atoms with E-state index in [1.54, 1.807) is 12.5 Å². The van der Waals surface area contributed by atoms with Gasteiger partial charge in [0, 0.05) is 23.8 Å². The Morgan fingerprint density at radius 2 is 2.28 bits per heavy atom. The summed E-state index contributed by atoms with van der Waals surface area (Å²) in [4.78, 5) is 7.30. The molecule has 18 heavy (non-hydrogen) atoms. The Hall–Kier alpha value is -1.78. The molecule has 3 heterocycles. The molecule has 0 atom stereocenters. The number of nitrogens with zero attached hydrogens (tertiary/aromatic N) is 1. The molecular weight excluding hydrogens is 250 g/mol. The number of hydrogen-bond donors (Lipinski definition) is 2. The number of furan rings is 1. The minimum atomic E-state index is 0.504. The topological polar surface area (TPSA) is 53.9 Å². The maximum absolute atomic E-state index is 6.01. The Bertz CT molecular complexity index is 645. The average molecular weight is 262 g/mol. The molecule has 3 aromatic rings. The van der Waals surface area contributed by atoms with Crippen molar-refractivity contribution in [2.45, 2.75) is 13.1 Å². The molecular formula is C13H12ClN3O. The van der Waals surface area contributed by atoms with E-state index in [1.807, 2.05) is 18.2 Å². The lowest BCUT2D eigenvalue weighted by Crippen LogP contribution is -2.12. The Morgan fingerprint density at radius 3 is 3.06 bits per heavy atom. The third-order valence-electron chi connectivity index (χ3n) is 2.75. The van der Waals surface area contributed by atoms with Gasteiger partial charge in [0.15, 0.2) is 5.15 Å². The quantitative estimate of drug-likeness (QED) is 0.710. The fourth-order valence-corrected chi connectivity index (χ4v) is 2.12. The summed E-state index contributed by atoms with van der Waals surface area (Å²) in [5.41, 5.74) is 1.96. The Kier molecular flexibility index (Phi) is 3.04. The van der Waals surface area contributed by atoms with Gasteiger partial charge in [0.2, 0.25) is 0 Å². The lowest BCUT2D eigenvalue weighted by atomic mass is 10.3. The van der Waals surface area contributed by atoms with Crippen LogP contribution in [0.4, 0.5) is 0 Å². The van der Waals surface area contributed by atoms with Crippen LogP contribution in [-0.2, 0) is 13.1 Å². The predicted octanol–water partition coefficient (Wildman–Crippen LogP) is 3.10. The molecule has 0 spiro atoms. The molecule has 0 saturated heterocycles. The summed E-state index contributed by atoms with van der Waals surface area (Å²) in [7, 11) is 0. The van der Waals surface area contributed by atoms with Crippen LogP contribution in [0.15, 0.2) is 41.1 Å². The molecule has 5 heteroatoms. The van der Waals surface area contributed by atoms with Crippen molar-refractivity contribution < 1.29 is 4.42 Å². The molecule has 0 unspecified atom stereocenters. The fourth-order valence-electron chi connectivity index (χ4n) is 1.91. The monoisotopic (exact) mass is 261 g/mol. The van der Waals surface area contributed by atoms with Gasteiger partial charge < -0.3 is 14.7 Å². The molecule has 4 nitrogen and oxygen atoms in total. The van der Waals surface area contributed by atoms with Crippen molar-refractivity contribution in [1.29, 1.82) is 0 Å². The van der Waals surface area contributed by atoms with Gasteiger partial charge >= 0.3 is 0 Å². The second-order valence-electron chi connectivity index (χ2n) is 4.04. The molecule has 0 radical (unpaired) electrons. The first kappa shape index (κ1) is 11.3. The average Bonchev–Trinajstić information content (AvgIpc) is 2.98. The maximum Gasteiger partial charge on any atom is 0.153 e. The molecule has 0 aliphatic heterocycles. The van der Waals surface area contributed by atoms with E-state index in [0.29, 0.717) is 11.7 Å². The summed E-state index contributed by atoms with van der Waals surface area (Å²) in [6.45, 7) is 1.43. The Balaban J connectivity index is 1.69. The zero-order chi connectivity index (χ0) is 12.4. The van der Waals surface area contributed by atoms with Crippen LogP contribution < -0.4 is 5.32 Å². The molecule has 0 fully saturated rings. The van der Waals surface area contributed by atoms with Crippen molar-refractivity contribution in [3.8, 4) is 0 Å². The van der Waals surface area contributed by atoms with E-state index in [1.165, 1.54) is 0 Å². The van der Waals surface area contributed by atoms with Gasteiger partial charge in [-0.1, -0.05) is 11.6 Å². The van der Waals surface area contributed by atoms with Gasteiger partial charge in [-0.2, -0.15) is 0 Å². The minimum Gasteiger partial charge on any atom is -0.468 e. The van der Waals surface area contributed by atoms with Crippen molar-refractivity contribution in [2.75, 3.05) is 0 Å². The van der Waals surface area contributed by atoms with Crippen LogP contribution in [0.2, 0.25) is 5.15 Å². The summed E-state index contributed by atoms with van der Waals surface area (Å²) in [6, 6.07) is 7.83. The minimum absolute atomic E-state index is 0.504. The van der Waals surface area contributed by atoms with Gasteiger partial charge in [0.1, 0.15) is 5.76 Å². The number of hydrogen-bond acceptors (Lipinski definition) is 3. The van der Waals surface area contributed by atoms with Gasteiger partial charge in [0.25, 0.3) is 0 Å². The number of aromatic nitrogens is 2. The summed E-state index contributed by atoms with van der Waals surface area (Å²) in [5, 5.41) is 4.87. The van der Waals surface area contributed by atoms with Gasteiger partial charge in [-0.3, -0.25) is 0 Å². The van der Waals surface area contributed by atoms with Crippen molar-refractivity contribution >= 4 is 22.5 Å². The Labute approximate surface area is 109 Å². The van der Waals surface area contributed by atoms with Crippen LogP contribution in [0.1, 0.15) is 11.5 Å². The SMILES string of the molecule is Clc1nccc2cc(CNCc3ccco3)[nH]c12. The summed E-state index contributed by atoms with van der Waals surface area (Å²) < 4.78 is 5.25. The molecule has 0 bridgehead atoms. The highest BCUT2D eigenvalue weighted by Gasteiger charge is 2.04. The summed E-state index contributed by atoms with van der Waals surface area (Å²) in [6.07, 6.45) is 3.38. The maximum atomic E-state index is 6.01. The molecule has 3 aromatic heterocycles. The third-order valence-corrected chi connectivity index (χ3v) is 3.03. The molecule has 0 aliphatic carbocycles. The summed E-state index contributed by atoms with van der Waals surface area (Å²) >= 11 is 6.01. The van der Waals surface area contributed by atoms with Crippen LogP contribution in [0.5, 0.6) is 0 Å². The second-order valence-corrected chi connectivity index (χ2v) is 4.40. The van der Waals surface area contributed by atoms with E-state index in [9.17, 15) is 0 Å². The van der Waals surface area contributed by atoms with E-state index in [-0.39, 0.29) is 0 Å². The first-order chi connectivity index (χ1) is 8.83. The van der Waals surface area contributed by atoms with Crippen LogP contribution in [0.3, 0.4) is 0 Å². The van der Waals surface area contributed by atoms with Gasteiger partial charge in [-0.15, -0.1) is 0 Å². The number of fused-ring (bicyclic) bond motifs is 1. The van der Waals surface area contributed by atoms with Crippen LogP contribution in [-0.4, -0.2) is 9.97 Å². The van der Waals surface area contributed by atoms with E-state index >= 15 is 0 Å². The second kappa shape index (κ2) is 4.84. The smallest absolute Gasteiger partial charge is 0.153 e. The highest BCUT2D eigenvalue weighted by atomic mass is 35.5. The molecule has 0 amide bonds. The number of pyridine rings is 1. The van der Waals surface area contributed by atoms with Gasteiger partial charge in [0.05, 0.1) is 18.3 Å². The van der Waals surface area contributed by atoms with Gasteiger partial charge in [-0.25, -0.2) is 4.98 Å². The van der Waals surface area contributed by atoms with Crippen LogP contribution in [0, 0.1) is 0 Å². The molecule has 0 aromatic carbocycles. The number of halogens is 1. The van der Waals surface area contributed by atoms with Gasteiger partial charge in [-0.05, 0) is 24.3 Å². The highest BCUT2D eigenvalue weighted by molar-refractivity contribution is 6.33. The Morgan fingerprint density at radius 1 is 1.33 bits per heavy atom. The molecule has 2 N–H and O–H groups in total. The zero-order valence-electron chi connectivity index (χ0n) is 9.61. The fraction of sp³-hybridized carbons (Fsp3) is 0.154. The van der Waals surface area contributed by atoms with E-state index < -0.39 is 0 Å².